The van der Waals surface area contributed by atoms with E-state index < -0.39 is 0 Å². The number of benzene rings is 1. The third kappa shape index (κ3) is 7.01. The largest absolute Gasteiger partial charge is 0.496 e. The predicted octanol–water partition coefficient (Wildman–Crippen LogP) is 2.90. The van der Waals surface area contributed by atoms with Crippen LogP contribution >= 0.6 is 24.0 Å². The van der Waals surface area contributed by atoms with E-state index in [2.05, 4.69) is 33.5 Å². The fourth-order valence-electron chi connectivity index (χ4n) is 3.37. The zero-order valence-electron chi connectivity index (χ0n) is 15.8. The molecule has 2 N–H and O–H groups in total. The Balaban J connectivity index is 0.00000312. The Morgan fingerprint density at radius 3 is 2.80 bits per heavy atom. The van der Waals surface area contributed by atoms with E-state index >= 15 is 0 Å². The lowest BCUT2D eigenvalue weighted by atomic mass is 10.0. The Hall–Kier alpha value is -1.02. The van der Waals surface area contributed by atoms with Gasteiger partial charge >= 0.3 is 0 Å². The van der Waals surface area contributed by atoms with Crippen molar-refractivity contribution < 1.29 is 4.74 Å². The number of ether oxygens (including phenoxy) is 1. The van der Waals surface area contributed by atoms with Gasteiger partial charge < -0.3 is 15.4 Å². The number of hydrogen-bond donors (Lipinski definition) is 2. The molecule has 1 aliphatic rings. The first-order valence-electron chi connectivity index (χ1n) is 9.09. The summed E-state index contributed by atoms with van der Waals surface area (Å²) in [6.45, 7) is 6.40. The van der Waals surface area contributed by atoms with Crippen molar-refractivity contribution >= 4 is 29.9 Å². The van der Waals surface area contributed by atoms with Gasteiger partial charge in [0.1, 0.15) is 5.75 Å². The van der Waals surface area contributed by atoms with Crippen LogP contribution in [-0.2, 0) is 6.42 Å². The Bertz CT molecular complexity index is 524. The molecule has 0 spiro atoms. The Morgan fingerprint density at radius 2 is 2.08 bits per heavy atom. The van der Waals surface area contributed by atoms with Crippen molar-refractivity contribution in [1.29, 1.82) is 0 Å². The zero-order chi connectivity index (χ0) is 17.2. The average molecular weight is 460 g/mol. The molecule has 1 aromatic rings. The second-order valence-electron chi connectivity index (χ2n) is 6.22. The van der Waals surface area contributed by atoms with Crippen molar-refractivity contribution in [2.24, 2.45) is 4.99 Å². The molecule has 0 aromatic heterocycles. The van der Waals surface area contributed by atoms with E-state index in [9.17, 15) is 0 Å². The number of halogens is 1. The number of rotatable bonds is 7. The van der Waals surface area contributed by atoms with Crippen LogP contribution in [0.5, 0.6) is 5.75 Å². The molecule has 5 nitrogen and oxygen atoms in total. The Kier molecular flexibility index (Phi) is 10.9. The lowest BCUT2D eigenvalue weighted by Gasteiger charge is -2.35. The van der Waals surface area contributed by atoms with Gasteiger partial charge in [-0.15, -0.1) is 24.0 Å². The number of nitrogens with one attached hydrogen (secondary N) is 2. The summed E-state index contributed by atoms with van der Waals surface area (Å²) >= 11 is 0. The molecule has 0 bridgehead atoms. The van der Waals surface area contributed by atoms with Crippen LogP contribution in [-0.4, -0.2) is 57.2 Å². The molecule has 25 heavy (non-hydrogen) atoms. The van der Waals surface area contributed by atoms with Gasteiger partial charge in [0.25, 0.3) is 0 Å². The van der Waals surface area contributed by atoms with Crippen molar-refractivity contribution in [2.75, 3.05) is 40.3 Å². The SMILES string of the molecule is CCN1CCCCC1CNC(=NC)NCCc1ccccc1OC.I. The van der Waals surface area contributed by atoms with Crippen LogP contribution in [0.25, 0.3) is 0 Å². The second kappa shape index (κ2) is 12.4. The maximum atomic E-state index is 5.40. The molecule has 1 atom stereocenters. The highest BCUT2D eigenvalue weighted by molar-refractivity contribution is 14.0. The molecular formula is C19H33IN4O. The molecular weight excluding hydrogens is 427 g/mol. The normalized spacial score (nSPS) is 18.4. The third-order valence-corrected chi connectivity index (χ3v) is 4.76. The van der Waals surface area contributed by atoms with Gasteiger partial charge in [0.05, 0.1) is 7.11 Å². The van der Waals surface area contributed by atoms with Crippen LogP contribution in [0, 0.1) is 0 Å². The number of likely N-dealkylation sites (tertiary alicyclic amines) is 1. The summed E-state index contributed by atoms with van der Waals surface area (Å²) in [5.41, 5.74) is 1.22. The molecule has 2 rings (SSSR count). The molecule has 1 unspecified atom stereocenters. The van der Waals surface area contributed by atoms with Gasteiger partial charge in [-0.3, -0.25) is 9.89 Å². The summed E-state index contributed by atoms with van der Waals surface area (Å²) < 4.78 is 5.40. The van der Waals surface area contributed by atoms with Crippen molar-refractivity contribution in [3.8, 4) is 5.75 Å². The molecule has 1 fully saturated rings. The number of aliphatic imine (C=N–C) groups is 1. The molecule has 1 heterocycles. The van der Waals surface area contributed by atoms with Crippen LogP contribution in [0.1, 0.15) is 31.7 Å². The average Bonchev–Trinajstić information content (AvgIpc) is 2.65. The van der Waals surface area contributed by atoms with Crippen LogP contribution in [0.15, 0.2) is 29.3 Å². The van der Waals surface area contributed by atoms with Gasteiger partial charge in [0.15, 0.2) is 5.96 Å². The summed E-state index contributed by atoms with van der Waals surface area (Å²) in [6, 6.07) is 8.78. The molecule has 1 aliphatic heterocycles. The summed E-state index contributed by atoms with van der Waals surface area (Å²) in [6.07, 6.45) is 4.85. The van der Waals surface area contributed by atoms with Gasteiger partial charge in [0, 0.05) is 26.2 Å². The molecule has 1 saturated heterocycles. The first-order chi connectivity index (χ1) is 11.8. The van der Waals surface area contributed by atoms with Gasteiger partial charge in [-0.05, 0) is 44.0 Å². The van der Waals surface area contributed by atoms with Gasteiger partial charge in [-0.2, -0.15) is 0 Å². The molecule has 0 aliphatic carbocycles. The minimum absolute atomic E-state index is 0. The predicted molar refractivity (Wildman–Crippen MR) is 116 cm³/mol. The van der Waals surface area contributed by atoms with Gasteiger partial charge in [-0.1, -0.05) is 31.5 Å². The van der Waals surface area contributed by atoms with Crippen LogP contribution in [0.2, 0.25) is 0 Å². The Labute approximate surface area is 169 Å². The molecule has 1 aromatic carbocycles. The minimum Gasteiger partial charge on any atom is -0.496 e. The second-order valence-corrected chi connectivity index (χ2v) is 6.22. The first-order valence-corrected chi connectivity index (χ1v) is 9.09. The topological polar surface area (TPSA) is 48.9 Å². The van der Waals surface area contributed by atoms with Crippen LogP contribution < -0.4 is 15.4 Å². The van der Waals surface area contributed by atoms with Crippen molar-refractivity contribution in [1.82, 2.24) is 15.5 Å². The standard InChI is InChI=1S/C19H32N4O.HI/c1-4-23-14-8-7-10-17(23)15-22-19(20-2)21-13-12-16-9-5-6-11-18(16)24-3;/h5-6,9,11,17H,4,7-8,10,12-15H2,1-3H3,(H2,20,21,22);1H. The van der Waals surface area contributed by atoms with Crippen LogP contribution in [0.3, 0.4) is 0 Å². The van der Waals surface area contributed by atoms with E-state index in [1.54, 1.807) is 7.11 Å². The molecule has 0 amide bonds. The number of para-hydroxylation sites is 1. The zero-order valence-corrected chi connectivity index (χ0v) is 18.1. The molecule has 6 heteroatoms. The highest BCUT2D eigenvalue weighted by atomic mass is 127. The monoisotopic (exact) mass is 460 g/mol. The van der Waals surface area contributed by atoms with E-state index in [0.29, 0.717) is 6.04 Å². The number of nitrogens with zero attached hydrogens (tertiary/aromatic N) is 2. The highest BCUT2D eigenvalue weighted by Gasteiger charge is 2.20. The van der Waals surface area contributed by atoms with Crippen molar-refractivity contribution in [3.63, 3.8) is 0 Å². The van der Waals surface area contributed by atoms with Crippen molar-refractivity contribution in [3.05, 3.63) is 29.8 Å². The highest BCUT2D eigenvalue weighted by Crippen LogP contribution is 2.17. The number of piperidine rings is 1. The summed E-state index contributed by atoms with van der Waals surface area (Å²) in [5.74, 6) is 1.83. The van der Waals surface area contributed by atoms with E-state index in [1.807, 2.05) is 25.2 Å². The number of guanidine groups is 1. The van der Waals surface area contributed by atoms with E-state index in [4.69, 9.17) is 4.74 Å². The fourth-order valence-corrected chi connectivity index (χ4v) is 3.37. The van der Waals surface area contributed by atoms with Crippen LogP contribution in [0.4, 0.5) is 0 Å². The van der Waals surface area contributed by atoms with Gasteiger partial charge in [0.2, 0.25) is 0 Å². The minimum atomic E-state index is 0. The summed E-state index contributed by atoms with van der Waals surface area (Å²) in [5, 5.41) is 6.89. The molecule has 0 radical (unpaired) electrons. The smallest absolute Gasteiger partial charge is 0.191 e. The first kappa shape index (κ1) is 22.0. The number of likely N-dealkylation sites (N-methyl/N-ethyl adjacent to an activating group) is 1. The maximum Gasteiger partial charge on any atom is 0.191 e. The summed E-state index contributed by atoms with van der Waals surface area (Å²) in [7, 11) is 3.55. The van der Waals surface area contributed by atoms with E-state index in [-0.39, 0.29) is 24.0 Å². The Morgan fingerprint density at radius 1 is 1.28 bits per heavy atom. The fraction of sp³-hybridized carbons (Fsp3) is 0.632. The van der Waals surface area contributed by atoms with E-state index in [1.165, 1.54) is 31.4 Å². The quantitative estimate of drug-likeness (QED) is 0.373. The van der Waals surface area contributed by atoms with E-state index in [0.717, 1.165) is 37.8 Å². The number of methoxy groups -OCH3 is 1. The third-order valence-electron chi connectivity index (χ3n) is 4.76. The molecule has 142 valence electrons. The lowest BCUT2D eigenvalue weighted by Crippen LogP contribution is -2.49. The van der Waals surface area contributed by atoms with Gasteiger partial charge in [-0.25, -0.2) is 0 Å². The lowest BCUT2D eigenvalue weighted by molar-refractivity contribution is 0.157. The molecule has 0 saturated carbocycles. The summed E-state index contributed by atoms with van der Waals surface area (Å²) in [4.78, 5) is 6.91. The van der Waals surface area contributed by atoms with Crippen molar-refractivity contribution in [2.45, 2.75) is 38.6 Å². The number of hydrogen-bond acceptors (Lipinski definition) is 3. The maximum absolute atomic E-state index is 5.40.